The van der Waals surface area contributed by atoms with Gasteiger partial charge in [-0.1, -0.05) is 12.1 Å². The molecular formula is C21H22N2O4S. The maximum absolute atomic E-state index is 12.5. The Labute approximate surface area is 167 Å². The Bertz CT molecular complexity index is 961. The molecule has 1 aromatic carbocycles. The van der Waals surface area contributed by atoms with Crippen molar-refractivity contribution in [3.63, 3.8) is 0 Å². The molecule has 1 saturated carbocycles. The van der Waals surface area contributed by atoms with Gasteiger partial charge in [0.2, 0.25) is 11.7 Å². The number of carbonyl (C=O) groups is 3. The van der Waals surface area contributed by atoms with Crippen molar-refractivity contribution in [2.45, 2.75) is 49.3 Å². The fourth-order valence-corrected chi connectivity index (χ4v) is 4.71. The standard InChI is InChI=1S/C21H22N2O4S/c1-12-9-15(13(2)23(12)14-7-8-14)17(24)11-27-20(25)10-19-21(26)22-16-5-3-4-6-18(16)28-19/h3-6,9,14,19H,7-8,10-11H2,1-2H3,(H,22,26)/t19-/m1/s1. The van der Waals surface area contributed by atoms with Gasteiger partial charge in [-0.2, -0.15) is 0 Å². The predicted octanol–water partition coefficient (Wildman–Crippen LogP) is 3.67. The first kappa shape index (κ1) is 18.8. The van der Waals surface area contributed by atoms with Crippen molar-refractivity contribution in [2.24, 2.45) is 0 Å². The number of rotatable bonds is 6. The molecule has 2 heterocycles. The molecule has 1 N–H and O–H groups in total. The van der Waals surface area contributed by atoms with Crippen LogP contribution in [-0.2, 0) is 14.3 Å². The second-order valence-corrected chi connectivity index (χ2v) is 8.51. The van der Waals surface area contributed by atoms with Crippen molar-refractivity contribution in [3.05, 3.63) is 47.3 Å². The number of esters is 1. The van der Waals surface area contributed by atoms with Crippen LogP contribution in [0.4, 0.5) is 5.69 Å². The fourth-order valence-electron chi connectivity index (χ4n) is 3.62. The van der Waals surface area contributed by atoms with Gasteiger partial charge in [-0.25, -0.2) is 0 Å². The molecule has 28 heavy (non-hydrogen) atoms. The lowest BCUT2D eigenvalue weighted by atomic mass is 10.1. The lowest BCUT2D eigenvalue weighted by molar-refractivity contribution is -0.143. The Morgan fingerprint density at radius 2 is 2.00 bits per heavy atom. The molecule has 1 aromatic heterocycles. The highest BCUT2D eigenvalue weighted by atomic mass is 32.2. The van der Waals surface area contributed by atoms with Gasteiger partial charge < -0.3 is 14.6 Å². The van der Waals surface area contributed by atoms with E-state index >= 15 is 0 Å². The maximum atomic E-state index is 12.5. The largest absolute Gasteiger partial charge is 0.457 e. The number of thioether (sulfide) groups is 1. The van der Waals surface area contributed by atoms with Crippen molar-refractivity contribution in [3.8, 4) is 0 Å². The number of aromatic nitrogens is 1. The molecule has 146 valence electrons. The monoisotopic (exact) mass is 398 g/mol. The number of anilines is 1. The van der Waals surface area contributed by atoms with E-state index in [0.29, 0.717) is 11.6 Å². The average molecular weight is 398 g/mol. The van der Waals surface area contributed by atoms with E-state index < -0.39 is 11.2 Å². The average Bonchev–Trinajstić information content (AvgIpc) is 3.45. The Morgan fingerprint density at radius 3 is 2.75 bits per heavy atom. The van der Waals surface area contributed by atoms with E-state index in [0.717, 1.165) is 34.8 Å². The van der Waals surface area contributed by atoms with Gasteiger partial charge in [-0.05, 0) is 44.9 Å². The summed E-state index contributed by atoms with van der Waals surface area (Å²) >= 11 is 1.34. The van der Waals surface area contributed by atoms with E-state index in [1.807, 2.05) is 44.2 Å². The van der Waals surface area contributed by atoms with Gasteiger partial charge in [-0.3, -0.25) is 14.4 Å². The van der Waals surface area contributed by atoms with Gasteiger partial charge in [0.05, 0.1) is 17.4 Å². The second-order valence-electron chi connectivity index (χ2n) is 7.27. The minimum atomic E-state index is -0.558. The van der Waals surface area contributed by atoms with Crippen LogP contribution in [0.1, 0.15) is 47.1 Å². The minimum Gasteiger partial charge on any atom is -0.457 e. The van der Waals surface area contributed by atoms with Gasteiger partial charge in [-0.15, -0.1) is 11.8 Å². The van der Waals surface area contributed by atoms with Crippen LogP contribution in [0.25, 0.3) is 0 Å². The second kappa shape index (κ2) is 7.47. The third kappa shape index (κ3) is 3.71. The highest BCUT2D eigenvalue weighted by Gasteiger charge is 2.31. The fraction of sp³-hybridized carbons (Fsp3) is 0.381. The summed E-state index contributed by atoms with van der Waals surface area (Å²) in [5, 5.41) is 2.24. The summed E-state index contributed by atoms with van der Waals surface area (Å²) in [6.07, 6.45) is 2.21. The number of nitrogens with one attached hydrogen (secondary N) is 1. The molecule has 1 fully saturated rings. The molecule has 0 radical (unpaired) electrons. The summed E-state index contributed by atoms with van der Waals surface area (Å²) in [7, 11) is 0. The van der Waals surface area contributed by atoms with Gasteiger partial charge in [0, 0.05) is 27.9 Å². The minimum absolute atomic E-state index is 0.0702. The van der Waals surface area contributed by atoms with Crippen molar-refractivity contribution in [1.82, 2.24) is 4.57 Å². The van der Waals surface area contributed by atoms with E-state index in [1.54, 1.807) is 0 Å². The molecule has 1 amide bonds. The zero-order valence-corrected chi connectivity index (χ0v) is 16.7. The molecule has 1 aliphatic heterocycles. The molecule has 0 spiro atoms. The SMILES string of the molecule is Cc1cc(C(=O)COC(=O)C[C@H]2Sc3ccccc3NC2=O)c(C)n1C1CC1. The highest BCUT2D eigenvalue weighted by Crippen LogP contribution is 2.38. The van der Waals surface area contributed by atoms with E-state index in [-0.39, 0.29) is 24.7 Å². The van der Waals surface area contributed by atoms with Crippen LogP contribution in [0.15, 0.2) is 35.2 Å². The van der Waals surface area contributed by atoms with E-state index in [2.05, 4.69) is 9.88 Å². The van der Waals surface area contributed by atoms with Crippen LogP contribution in [-0.4, -0.2) is 34.1 Å². The number of fused-ring (bicyclic) bond motifs is 1. The predicted molar refractivity (Wildman–Crippen MR) is 107 cm³/mol. The molecule has 1 atom stereocenters. The summed E-state index contributed by atoms with van der Waals surface area (Å²) in [4.78, 5) is 37.8. The molecule has 1 aliphatic carbocycles. The number of para-hydroxylation sites is 1. The zero-order chi connectivity index (χ0) is 19.8. The number of ketones is 1. The molecule has 7 heteroatoms. The van der Waals surface area contributed by atoms with Crippen LogP contribution in [0.3, 0.4) is 0 Å². The summed E-state index contributed by atoms with van der Waals surface area (Å²) in [6, 6.07) is 9.82. The van der Waals surface area contributed by atoms with Crippen LogP contribution >= 0.6 is 11.8 Å². The van der Waals surface area contributed by atoms with Crippen molar-refractivity contribution in [2.75, 3.05) is 11.9 Å². The number of ether oxygens (including phenoxy) is 1. The Kier molecular flexibility index (Phi) is 5.02. The third-order valence-corrected chi connectivity index (χ3v) is 6.39. The molecule has 2 aromatic rings. The number of benzene rings is 1. The van der Waals surface area contributed by atoms with E-state index in [4.69, 9.17) is 4.74 Å². The molecule has 4 rings (SSSR count). The lowest BCUT2D eigenvalue weighted by Crippen LogP contribution is -2.31. The number of carbonyl (C=O) groups excluding carboxylic acids is 3. The number of nitrogens with zero attached hydrogens (tertiary/aromatic N) is 1. The topological polar surface area (TPSA) is 77.4 Å². The number of aryl methyl sites for hydroxylation is 1. The number of hydrogen-bond acceptors (Lipinski definition) is 5. The first-order valence-electron chi connectivity index (χ1n) is 9.38. The summed E-state index contributed by atoms with van der Waals surface area (Å²) in [5.74, 6) is -0.976. The Hall–Kier alpha value is -2.54. The van der Waals surface area contributed by atoms with Gasteiger partial charge >= 0.3 is 5.97 Å². The molecule has 6 nitrogen and oxygen atoms in total. The van der Waals surface area contributed by atoms with Crippen molar-refractivity contribution in [1.29, 1.82) is 0 Å². The van der Waals surface area contributed by atoms with Crippen LogP contribution in [0.5, 0.6) is 0 Å². The quantitative estimate of drug-likeness (QED) is 0.593. The third-order valence-electron chi connectivity index (χ3n) is 5.12. The normalized spacial score (nSPS) is 18.4. The molecule has 0 saturated heterocycles. The smallest absolute Gasteiger partial charge is 0.307 e. The number of amides is 1. The molecular weight excluding hydrogens is 376 g/mol. The van der Waals surface area contributed by atoms with Crippen LogP contribution in [0, 0.1) is 13.8 Å². The first-order valence-corrected chi connectivity index (χ1v) is 10.3. The molecule has 0 bridgehead atoms. The molecule has 2 aliphatic rings. The zero-order valence-electron chi connectivity index (χ0n) is 15.9. The summed E-state index contributed by atoms with van der Waals surface area (Å²) in [5.41, 5.74) is 3.35. The van der Waals surface area contributed by atoms with E-state index in [1.165, 1.54) is 11.8 Å². The first-order chi connectivity index (χ1) is 13.4. The molecule has 0 unspecified atom stereocenters. The van der Waals surface area contributed by atoms with Crippen molar-refractivity contribution < 1.29 is 19.1 Å². The van der Waals surface area contributed by atoms with Crippen LogP contribution < -0.4 is 5.32 Å². The maximum Gasteiger partial charge on any atom is 0.307 e. The summed E-state index contributed by atoms with van der Waals surface area (Å²) < 4.78 is 7.38. The van der Waals surface area contributed by atoms with Gasteiger partial charge in [0.1, 0.15) is 0 Å². The van der Waals surface area contributed by atoms with Crippen LogP contribution in [0.2, 0.25) is 0 Å². The summed E-state index contributed by atoms with van der Waals surface area (Å²) in [6.45, 7) is 3.62. The van der Waals surface area contributed by atoms with Gasteiger partial charge in [0.25, 0.3) is 0 Å². The number of hydrogen-bond donors (Lipinski definition) is 1. The highest BCUT2D eigenvalue weighted by molar-refractivity contribution is 8.01. The number of Topliss-reactive ketones (excluding diaryl/α,β-unsaturated/α-hetero) is 1. The Balaban J connectivity index is 1.34. The lowest BCUT2D eigenvalue weighted by Gasteiger charge is -2.23. The van der Waals surface area contributed by atoms with E-state index in [9.17, 15) is 14.4 Å². The Morgan fingerprint density at radius 1 is 1.25 bits per heavy atom. The van der Waals surface area contributed by atoms with Gasteiger partial charge in [0.15, 0.2) is 6.61 Å². The van der Waals surface area contributed by atoms with Crippen molar-refractivity contribution >= 4 is 35.1 Å².